The van der Waals surface area contributed by atoms with E-state index in [2.05, 4.69) is 252 Å². The monoisotopic (exact) mass is 764 g/mol. The van der Waals surface area contributed by atoms with Gasteiger partial charge < -0.3 is 9.47 Å². The molecule has 11 aromatic rings. The summed E-state index contributed by atoms with van der Waals surface area (Å²) in [7, 11) is 0. The molecule has 1 aromatic heterocycles. The standard InChI is InChI=1S/C58H40N2/c1-2-18-43(19-3-1)48-25-6-11-31-54(48)59(56-33-13-8-27-51(56)50-30-17-21-42-20-4-5-24-47(42)50)46-38-36-41(37-39-46)44-22-16-23-45(40-44)49-26-7-12-32-55(49)60-57-34-14-9-28-52(57)53-29-10-15-35-58(53)60/h1-40H. The van der Waals surface area contributed by atoms with E-state index in [-0.39, 0.29) is 0 Å². The molecule has 10 aromatic carbocycles. The Morgan fingerprint density at radius 1 is 0.283 bits per heavy atom. The van der Waals surface area contributed by atoms with Crippen molar-refractivity contribution in [2.45, 2.75) is 0 Å². The molecule has 0 aliphatic heterocycles. The molecular formula is C58H40N2. The van der Waals surface area contributed by atoms with Crippen molar-refractivity contribution in [3.05, 3.63) is 243 Å². The van der Waals surface area contributed by atoms with Crippen molar-refractivity contribution in [3.8, 4) is 50.2 Å². The molecule has 0 N–H and O–H groups in total. The van der Waals surface area contributed by atoms with Crippen molar-refractivity contribution in [2.24, 2.45) is 0 Å². The number of nitrogens with zero attached hydrogens (tertiary/aromatic N) is 2. The fourth-order valence-electron chi connectivity index (χ4n) is 9.06. The topological polar surface area (TPSA) is 8.17 Å². The first kappa shape index (κ1) is 35.2. The average molecular weight is 765 g/mol. The first-order valence-electron chi connectivity index (χ1n) is 20.6. The van der Waals surface area contributed by atoms with Gasteiger partial charge in [0.1, 0.15) is 0 Å². The van der Waals surface area contributed by atoms with Crippen LogP contribution in [0.5, 0.6) is 0 Å². The number of hydrogen-bond donors (Lipinski definition) is 0. The molecule has 0 amide bonds. The van der Waals surface area contributed by atoms with E-state index in [0.29, 0.717) is 0 Å². The van der Waals surface area contributed by atoms with Crippen LogP contribution in [0.1, 0.15) is 0 Å². The Balaban J connectivity index is 1.03. The third-order valence-electron chi connectivity index (χ3n) is 11.8. The van der Waals surface area contributed by atoms with Gasteiger partial charge in [0.2, 0.25) is 0 Å². The summed E-state index contributed by atoms with van der Waals surface area (Å²) in [5, 5.41) is 4.98. The highest BCUT2D eigenvalue weighted by molar-refractivity contribution is 6.10. The van der Waals surface area contributed by atoms with Gasteiger partial charge in [0, 0.05) is 33.2 Å². The Morgan fingerprint density at radius 3 is 1.53 bits per heavy atom. The Kier molecular flexibility index (Phi) is 8.87. The number of hydrogen-bond acceptors (Lipinski definition) is 1. The van der Waals surface area contributed by atoms with Crippen LogP contribution < -0.4 is 4.90 Å². The van der Waals surface area contributed by atoms with Crippen LogP contribution in [0.2, 0.25) is 0 Å². The Labute approximate surface area is 350 Å². The Bertz CT molecular complexity index is 3260. The molecule has 2 heteroatoms. The van der Waals surface area contributed by atoms with E-state index in [9.17, 15) is 0 Å². The second-order valence-corrected chi connectivity index (χ2v) is 15.3. The zero-order valence-corrected chi connectivity index (χ0v) is 33.0. The first-order valence-corrected chi connectivity index (χ1v) is 20.6. The fraction of sp³-hybridized carbons (Fsp3) is 0. The molecule has 0 saturated heterocycles. The maximum Gasteiger partial charge on any atom is 0.0541 e. The fourth-order valence-corrected chi connectivity index (χ4v) is 9.06. The molecule has 0 aliphatic rings. The van der Waals surface area contributed by atoms with Gasteiger partial charge in [-0.2, -0.15) is 0 Å². The highest BCUT2D eigenvalue weighted by Gasteiger charge is 2.21. The second-order valence-electron chi connectivity index (χ2n) is 15.3. The molecule has 11 rings (SSSR count). The highest BCUT2D eigenvalue weighted by atomic mass is 15.1. The third-order valence-corrected chi connectivity index (χ3v) is 11.8. The maximum atomic E-state index is 2.43. The van der Waals surface area contributed by atoms with E-state index in [1.54, 1.807) is 0 Å². The summed E-state index contributed by atoms with van der Waals surface area (Å²) >= 11 is 0. The van der Waals surface area contributed by atoms with Crippen LogP contribution >= 0.6 is 0 Å². The van der Waals surface area contributed by atoms with Gasteiger partial charge in [0.25, 0.3) is 0 Å². The van der Waals surface area contributed by atoms with Crippen LogP contribution in [0, 0.1) is 0 Å². The minimum Gasteiger partial charge on any atom is -0.309 e. The van der Waals surface area contributed by atoms with Gasteiger partial charge in [-0.3, -0.25) is 0 Å². The van der Waals surface area contributed by atoms with Gasteiger partial charge in [-0.25, -0.2) is 0 Å². The number of anilines is 3. The molecule has 60 heavy (non-hydrogen) atoms. The van der Waals surface area contributed by atoms with Gasteiger partial charge in [-0.1, -0.05) is 194 Å². The molecular weight excluding hydrogens is 725 g/mol. The van der Waals surface area contributed by atoms with E-state index in [0.717, 1.165) is 22.6 Å². The largest absolute Gasteiger partial charge is 0.309 e. The molecule has 0 bridgehead atoms. The van der Waals surface area contributed by atoms with Gasteiger partial charge in [0.05, 0.1) is 28.1 Å². The zero-order valence-electron chi connectivity index (χ0n) is 33.0. The summed E-state index contributed by atoms with van der Waals surface area (Å²) in [6.45, 7) is 0. The normalized spacial score (nSPS) is 11.3. The van der Waals surface area contributed by atoms with Crippen LogP contribution in [0.15, 0.2) is 243 Å². The summed E-state index contributed by atoms with van der Waals surface area (Å²) in [6, 6.07) is 87.8. The lowest BCUT2D eigenvalue weighted by molar-refractivity contribution is 1.18. The quantitative estimate of drug-likeness (QED) is 0.150. The predicted molar refractivity (Wildman–Crippen MR) is 255 cm³/mol. The minimum absolute atomic E-state index is 1.09. The summed E-state index contributed by atoms with van der Waals surface area (Å²) in [5.74, 6) is 0. The van der Waals surface area contributed by atoms with Gasteiger partial charge in [-0.15, -0.1) is 0 Å². The van der Waals surface area contributed by atoms with E-state index in [1.807, 2.05) is 0 Å². The van der Waals surface area contributed by atoms with Gasteiger partial charge >= 0.3 is 0 Å². The van der Waals surface area contributed by atoms with Gasteiger partial charge in [0.15, 0.2) is 0 Å². The zero-order chi connectivity index (χ0) is 39.8. The number of para-hydroxylation sites is 5. The molecule has 1 heterocycles. The molecule has 0 atom stereocenters. The number of aromatic nitrogens is 1. The Hall–Kier alpha value is -7.94. The Morgan fingerprint density at radius 2 is 0.783 bits per heavy atom. The lowest BCUT2D eigenvalue weighted by Gasteiger charge is -2.30. The third kappa shape index (κ3) is 6.14. The number of fused-ring (bicyclic) bond motifs is 4. The van der Waals surface area contributed by atoms with Crippen molar-refractivity contribution < 1.29 is 0 Å². The van der Waals surface area contributed by atoms with Crippen molar-refractivity contribution in [2.75, 3.05) is 4.90 Å². The average Bonchev–Trinajstić information content (AvgIpc) is 3.67. The van der Waals surface area contributed by atoms with Gasteiger partial charge in [-0.05, 0) is 87.1 Å². The van der Waals surface area contributed by atoms with Crippen LogP contribution in [0.25, 0.3) is 82.8 Å². The molecule has 2 nitrogen and oxygen atoms in total. The smallest absolute Gasteiger partial charge is 0.0541 e. The summed E-state index contributed by atoms with van der Waals surface area (Å²) < 4.78 is 2.42. The summed E-state index contributed by atoms with van der Waals surface area (Å²) in [4.78, 5) is 2.43. The van der Waals surface area contributed by atoms with Crippen LogP contribution in [0.4, 0.5) is 17.1 Å². The second kappa shape index (κ2) is 15.1. The lowest BCUT2D eigenvalue weighted by Crippen LogP contribution is -2.12. The molecule has 0 aliphatic carbocycles. The van der Waals surface area contributed by atoms with E-state index >= 15 is 0 Å². The van der Waals surface area contributed by atoms with Crippen molar-refractivity contribution >= 4 is 49.6 Å². The molecule has 282 valence electrons. The number of benzene rings is 10. The van der Waals surface area contributed by atoms with Crippen molar-refractivity contribution in [1.82, 2.24) is 4.57 Å². The van der Waals surface area contributed by atoms with Crippen LogP contribution in [-0.4, -0.2) is 4.57 Å². The molecule has 0 spiro atoms. The van der Waals surface area contributed by atoms with Crippen molar-refractivity contribution in [3.63, 3.8) is 0 Å². The summed E-state index contributed by atoms with van der Waals surface area (Å²) in [5.41, 5.74) is 16.3. The highest BCUT2D eigenvalue weighted by Crippen LogP contribution is 2.46. The SMILES string of the molecule is c1ccc(-c2ccccc2N(c2ccc(-c3cccc(-c4ccccc4-n4c5ccccc5c5ccccc54)c3)cc2)c2ccccc2-c2cccc3ccccc23)cc1. The van der Waals surface area contributed by atoms with Crippen LogP contribution in [0.3, 0.4) is 0 Å². The summed E-state index contributed by atoms with van der Waals surface area (Å²) in [6.07, 6.45) is 0. The maximum absolute atomic E-state index is 2.43. The molecule has 0 fully saturated rings. The van der Waals surface area contributed by atoms with Crippen molar-refractivity contribution in [1.29, 1.82) is 0 Å². The molecule has 0 saturated carbocycles. The molecule has 0 unspecified atom stereocenters. The molecule has 0 radical (unpaired) electrons. The van der Waals surface area contributed by atoms with Crippen LogP contribution in [-0.2, 0) is 0 Å². The van der Waals surface area contributed by atoms with E-state index < -0.39 is 0 Å². The lowest BCUT2D eigenvalue weighted by atomic mass is 9.95. The number of rotatable bonds is 8. The minimum atomic E-state index is 1.09. The predicted octanol–water partition coefficient (Wildman–Crippen LogP) is 16.1. The van der Waals surface area contributed by atoms with E-state index in [1.165, 1.54) is 77.2 Å². The first-order chi connectivity index (χ1) is 29.8. The van der Waals surface area contributed by atoms with E-state index in [4.69, 9.17) is 0 Å².